The van der Waals surface area contributed by atoms with Crippen LogP contribution in [0, 0.1) is 0 Å². The second-order valence-electron chi connectivity index (χ2n) is 8.49. The van der Waals surface area contributed by atoms with Crippen LogP contribution in [0.5, 0.6) is 11.5 Å². The van der Waals surface area contributed by atoms with Gasteiger partial charge in [-0.2, -0.15) is 0 Å². The van der Waals surface area contributed by atoms with Crippen LogP contribution in [0.15, 0.2) is 71.1 Å². The van der Waals surface area contributed by atoms with Gasteiger partial charge in [-0.05, 0) is 53.6 Å². The molecule has 0 amide bonds. The van der Waals surface area contributed by atoms with Crippen LogP contribution in [0.25, 0.3) is 23.3 Å². The molecule has 1 N–H and O–H groups in total. The van der Waals surface area contributed by atoms with Crippen molar-refractivity contribution in [2.45, 2.75) is 6.54 Å². The summed E-state index contributed by atoms with van der Waals surface area (Å²) in [6, 6.07) is 22.0. The van der Waals surface area contributed by atoms with Crippen LogP contribution in [0.2, 0.25) is 0 Å². The van der Waals surface area contributed by atoms with E-state index >= 15 is 0 Å². The zero-order valence-corrected chi connectivity index (χ0v) is 21.1. The predicted octanol–water partition coefficient (Wildman–Crippen LogP) is 5.26. The molecule has 36 heavy (non-hydrogen) atoms. The lowest BCUT2D eigenvalue weighted by molar-refractivity contribution is 0.102. The fourth-order valence-corrected chi connectivity index (χ4v) is 3.61. The zero-order valence-electron chi connectivity index (χ0n) is 21.1. The summed E-state index contributed by atoms with van der Waals surface area (Å²) >= 11 is 0. The quantitative estimate of drug-likeness (QED) is 0.258. The van der Waals surface area contributed by atoms with Crippen molar-refractivity contribution in [3.05, 3.63) is 83.7 Å². The number of anilines is 1. The van der Waals surface area contributed by atoms with Crippen molar-refractivity contribution >= 4 is 28.9 Å². The Labute approximate surface area is 212 Å². The van der Waals surface area contributed by atoms with Gasteiger partial charge < -0.3 is 28.8 Å². The summed E-state index contributed by atoms with van der Waals surface area (Å²) in [5, 5.41) is 3.36. The van der Waals surface area contributed by atoms with Gasteiger partial charge in [0.1, 0.15) is 23.6 Å². The Hall–Kier alpha value is -3.81. The van der Waals surface area contributed by atoms with Gasteiger partial charge in [0.05, 0.1) is 20.3 Å². The maximum Gasteiger partial charge on any atom is 0.220 e. The monoisotopic (exact) mass is 487 g/mol. The molecule has 0 saturated carbocycles. The molecule has 1 aromatic heterocycles. The Kier molecular flexibility index (Phi) is 8.97. The van der Waals surface area contributed by atoms with E-state index in [4.69, 9.17) is 18.6 Å². The van der Waals surface area contributed by atoms with E-state index in [0.29, 0.717) is 31.3 Å². The number of methoxy groups -OCH3 is 1. The van der Waals surface area contributed by atoms with Gasteiger partial charge in [0.2, 0.25) is 5.89 Å². The van der Waals surface area contributed by atoms with Gasteiger partial charge in [-0.15, -0.1) is 0 Å². The first kappa shape index (κ1) is 25.3. The van der Waals surface area contributed by atoms with Crippen molar-refractivity contribution in [3.8, 4) is 11.5 Å². The van der Waals surface area contributed by atoms with Gasteiger partial charge in [0.15, 0.2) is 5.58 Å². The van der Waals surface area contributed by atoms with Crippen molar-refractivity contribution in [2.75, 3.05) is 52.5 Å². The number of aromatic nitrogens is 1. The number of oxazole rings is 1. The van der Waals surface area contributed by atoms with Crippen LogP contribution >= 0.6 is 0 Å². The molecular formula is C29H33N3O4. The van der Waals surface area contributed by atoms with E-state index in [0.717, 1.165) is 41.4 Å². The van der Waals surface area contributed by atoms with Crippen LogP contribution in [0.4, 0.5) is 5.69 Å². The number of hydrogen-bond donors (Lipinski definition) is 1. The molecule has 1 heterocycles. The van der Waals surface area contributed by atoms with E-state index in [1.54, 1.807) is 7.11 Å². The molecule has 0 bridgehead atoms. The molecule has 4 rings (SSSR count). The SMILES string of the molecule is COc1cccc(CNCCOCCOc2ccc3nc(/C=C/c4ccc(N(C)C)cc4)oc3c2)c1. The number of ether oxygens (including phenoxy) is 3. The van der Waals surface area contributed by atoms with E-state index in [1.165, 1.54) is 5.56 Å². The average Bonchev–Trinajstić information content (AvgIpc) is 3.31. The molecule has 0 aliphatic heterocycles. The van der Waals surface area contributed by atoms with Crippen LogP contribution in [0.3, 0.4) is 0 Å². The highest BCUT2D eigenvalue weighted by Crippen LogP contribution is 2.23. The lowest BCUT2D eigenvalue weighted by Gasteiger charge is -2.11. The van der Waals surface area contributed by atoms with Crippen LogP contribution in [0.1, 0.15) is 17.0 Å². The summed E-state index contributed by atoms with van der Waals surface area (Å²) in [4.78, 5) is 6.60. The largest absolute Gasteiger partial charge is 0.497 e. The molecule has 188 valence electrons. The summed E-state index contributed by atoms with van der Waals surface area (Å²) in [7, 11) is 5.73. The van der Waals surface area contributed by atoms with Gasteiger partial charge in [0, 0.05) is 45.0 Å². The maximum atomic E-state index is 5.88. The number of benzene rings is 3. The molecule has 0 radical (unpaired) electrons. The second-order valence-corrected chi connectivity index (χ2v) is 8.49. The van der Waals surface area contributed by atoms with E-state index in [9.17, 15) is 0 Å². The van der Waals surface area contributed by atoms with Gasteiger partial charge in [-0.1, -0.05) is 24.3 Å². The van der Waals surface area contributed by atoms with Gasteiger partial charge in [-0.3, -0.25) is 0 Å². The molecule has 7 heteroatoms. The summed E-state index contributed by atoms with van der Waals surface area (Å²) in [6.07, 6.45) is 3.87. The summed E-state index contributed by atoms with van der Waals surface area (Å²) in [5.74, 6) is 2.15. The summed E-state index contributed by atoms with van der Waals surface area (Å²) < 4.78 is 22.6. The van der Waals surface area contributed by atoms with Crippen LogP contribution in [-0.4, -0.2) is 52.6 Å². The van der Waals surface area contributed by atoms with E-state index in [-0.39, 0.29) is 0 Å². The normalized spacial score (nSPS) is 11.3. The van der Waals surface area contributed by atoms with Gasteiger partial charge in [0.25, 0.3) is 0 Å². The second kappa shape index (κ2) is 12.8. The Balaban J connectivity index is 1.17. The lowest BCUT2D eigenvalue weighted by atomic mass is 10.2. The lowest BCUT2D eigenvalue weighted by Crippen LogP contribution is -2.20. The van der Waals surface area contributed by atoms with Crippen molar-refractivity contribution in [2.24, 2.45) is 0 Å². The molecule has 0 fully saturated rings. The minimum atomic E-state index is 0.464. The fourth-order valence-electron chi connectivity index (χ4n) is 3.61. The third-order valence-electron chi connectivity index (χ3n) is 5.59. The number of nitrogens with zero attached hydrogens (tertiary/aromatic N) is 2. The molecular weight excluding hydrogens is 454 g/mol. The zero-order chi connectivity index (χ0) is 25.2. The highest BCUT2D eigenvalue weighted by molar-refractivity contribution is 5.77. The molecule has 0 aliphatic rings. The Morgan fingerprint density at radius 2 is 1.78 bits per heavy atom. The molecule has 0 atom stereocenters. The summed E-state index contributed by atoms with van der Waals surface area (Å²) in [5.41, 5.74) is 4.91. The first-order valence-corrected chi connectivity index (χ1v) is 12.0. The number of fused-ring (bicyclic) bond motifs is 1. The molecule has 0 spiro atoms. The summed E-state index contributed by atoms with van der Waals surface area (Å²) in [6.45, 7) is 3.12. The minimum Gasteiger partial charge on any atom is -0.497 e. The highest BCUT2D eigenvalue weighted by Gasteiger charge is 2.05. The first-order chi connectivity index (χ1) is 17.6. The highest BCUT2D eigenvalue weighted by atomic mass is 16.5. The number of rotatable bonds is 13. The minimum absolute atomic E-state index is 0.464. The van der Waals surface area contributed by atoms with E-state index in [1.807, 2.05) is 62.6 Å². The number of nitrogens with one attached hydrogen (secondary N) is 1. The smallest absolute Gasteiger partial charge is 0.220 e. The molecule has 0 aliphatic carbocycles. The van der Waals surface area contributed by atoms with Crippen molar-refractivity contribution in [1.82, 2.24) is 10.3 Å². The van der Waals surface area contributed by atoms with Crippen LogP contribution < -0.4 is 19.7 Å². The standard InChI is InChI=1S/C29H33N3O4/c1-32(2)24-10-7-22(8-11-24)9-14-29-31-27-13-12-26(20-28(27)36-29)35-18-17-34-16-15-30-21-23-5-4-6-25(19-23)33-3/h4-14,19-20,30H,15-18,21H2,1-3H3/b14-9+. The average molecular weight is 488 g/mol. The molecule has 0 unspecified atom stereocenters. The fraction of sp³-hybridized carbons (Fsp3) is 0.276. The molecule has 7 nitrogen and oxygen atoms in total. The van der Waals surface area contributed by atoms with E-state index < -0.39 is 0 Å². The maximum absolute atomic E-state index is 5.88. The molecule has 3 aromatic carbocycles. The van der Waals surface area contributed by atoms with Gasteiger partial charge in [-0.25, -0.2) is 4.98 Å². The Morgan fingerprint density at radius 3 is 2.58 bits per heavy atom. The van der Waals surface area contributed by atoms with Crippen molar-refractivity contribution in [1.29, 1.82) is 0 Å². The molecule has 0 saturated heterocycles. The van der Waals surface area contributed by atoms with E-state index in [2.05, 4.69) is 45.5 Å². The van der Waals surface area contributed by atoms with Crippen molar-refractivity contribution in [3.63, 3.8) is 0 Å². The topological polar surface area (TPSA) is 69.0 Å². The molecule has 4 aromatic rings. The Bertz CT molecular complexity index is 1270. The predicted molar refractivity (Wildman–Crippen MR) is 145 cm³/mol. The Morgan fingerprint density at radius 1 is 0.917 bits per heavy atom. The third kappa shape index (κ3) is 7.34. The third-order valence-corrected chi connectivity index (χ3v) is 5.59. The van der Waals surface area contributed by atoms with Gasteiger partial charge >= 0.3 is 0 Å². The number of hydrogen-bond acceptors (Lipinski definition) is 7. The first-order valence-electron chi connectivity index (χ1n) is 12.0. The van der Waals surface area contributed by atoms with Crippen molar-refractivity contribution < 1.29 is 18.6 Å². The van der Waals surface area contributed by atoms with Crippen LogP contribution in [-0.2, 0) is 11.3 Å².